The molecule has 1 aliphatic carbocycles. The fourth-order valence-corrected chi connectivity index (χ4v) is 1.74. The number of methoxy groups -OCH3 is 1. The van der Waals surface area contributed by atoms with Gasteiger partial charge in [-0.15, -0.1) is 0 Å². The van der Waals surface area contributed by atoms with E-state index in [1.165, 1.54) is 0 Å². The first-order chi connectivity index (χ1) is 5.26. The van der Waals surface area contributed by atoms with Gasteiger partial charge in [0, 0.05) is 19.2 Å². The Labute approximate surface area is 68.3 Å². The van der Waals surface area contributed by atoms with Crippen LogP contribution in [-0.2, 0) is 4.74 Å². The number of rotatable bonds is 4. The molecule has 3 heteroatoms. The maximum Gasteiger partial charge on any atom is 0.0607 e. The van der Waals surface area contributed by atoms with Gasteiger partial charge in [0.15, 0.2) is 0 Å². The molecule has 0 aromatic carbocycles. The molecule has 66 valence electrons. The minimum absolute atomic E-state index is 0.190. The van der Waals surface area contributed by atoms with Gasteiger partial charge in [0.25, 0.3) is 0 Å². The van der Waals surface area contributed by atoms with Crippen LogP contribution in [0.2, 0.25) is 0 Å². The summed E-state index contributed by atoms with van der Waals surface area (Å²) < 4.78 is 5.19. The van der Waals surface area contributed by atoms with Gasteiger partial charge in [-0.1, -0.05) is 6.92 Å². The van der Waals surface area contributed by atoms with Crippen molar-refractivity contribution < 1.29 is 4.74 Å². The van der Waals surface area contributed by atoms with Crippen molar-refractivity contribution in [3.05, 3.63) is 0 Å². The second-order valence-corrected chi connectivity index (χ2v) is 3.28. The highest BCUT2D eigenvalue weighted by molar-refractivity contribution is 5.02. The number of ether oxygens (including phenoxy) is 1. The lowest BCUT2D eigenvalue weighted by atomic mass is 9.74. The second-order valence-electron chi connectivity index (χ2n) is 3.28. The first-order valence-electron chi connectivity index (χ1n) is 4.24. The summed E-state index contributed by atoms with van der Waals surface area (Å²) in [5.41, 5.74) is 5.84. The van der Waals surface area contributed by atoms with Gasteiger partial charge < -0.3 is 15.8 Å². The molecule has 0 unspecified atom stereocenters. The topological polar surface area (TPSA) is 47.3 Å². The van der Waals surface area contributed by atoms with E-state index in [9.17, 15) is 0 Å². The zero-order valence-electron chi connectivity index (χ0n) is 7.39. The van der Waals surface area contributed by atoms with Crippen molar-refractivity contribution in [3.8, 4) is 0 Å². The van der Waals surface area contributed by atoms with Gasteiger partial charge in [-0.3, -0.25) is 0 Å². The Bertz CT molecular complexity index is 121. The van der Waals surface area contributed by atoms with Gasteiger partial charge in [-0.05, 0) is 19.4 Å². The molecule has 0 radical (unpaired) electrons. The van der Waals surface area contributed by atoms with Gasteiger partial charge in [0.1, 0.15) is 0 Å². The molecule has 0 heterocycles. The summed E-state index contributed by atoms with van der Waals surface area (Å²) in [5, 5.41) is 3.40. The molecule has 0 bridgehead atoms. The van der Waals surface area contributed by atoms with Crippen molar-refractivity contribution in [2.45, 2.75) is 31.4 Å². The monoisotopic (exact) mass is 158 g/mol. The van der Waals surface area contributed by atoms with E-state index in [0.29, 0.717) is 6.10 Å². The van der Waals surface area contributed by atoms with Crippen LogP contribution in [0.3, 0.4) is 0 Å². The third kappa shape index (κ3) is 1.72. The quantitative estimate of drug-likeness (QED) is 0.610. The van der Waals surface area contributed by atoms with Crippen LogP contribution in [0.1, 0.15) is 19.8 Å². The van der Waals surface area contributed by atoms with E-state index in [0.717, 1.165) is 25.9 Å². The molecule has 0 aliphatic heterocycles. The fourth-order valence-electron chi connectivity index (χ4n) is 1.74. The number of hydrogen-bond acceptors (Lipinski definition) is 3. The molecule has 1 saturated carbocycles. The van der Waals surface area contributed by atoms with Crippen LogP contribution >= 0.6 is 0 Å². The SMILES string of the molecule is CCNC1(CN)CC(OC)C1. The fraction of sp³-hybridized carbons (Fsp3) is 1.00. The molecule has 0 spiro atoms. The molecule has 11 heavy (non-hydrogen) atoms. The molecular formula is C8H18N2O. The third-order valence-corrected chi connectivity index (χ3v) is 2.51. The first kappa shape index (κ1) is 8.97. The summed E-state index contributed by atoms with van der Waals surface area (Å²) in [7, 11) is 1.76. The van der Waals surface area contributed by atoms with Crippen molar-refractivity contribution in [2.24, 2.45) is 5.73 Å². The lowest BCUT2D eigenvalue weighted by molar-refractivity contribution is -0.0257. The Morgan fingerprint density at radius 2 is 2.27 bits per heavy atom. The van der Waals surface area contributed by atoms with Crippen LogP contribution in [-0.4, -0.2) is 31.8 Å². The van der Waals surface area contributed by atoms with Gasteiger partial charge >= 0.3 is 0 Å². The summed E-state index contributed by atoms with van der Waals surface area (Å²) in [6, 6.07) is 0. The molecule has 1 fully saturated rings. The standard InChI is InChI=1S/C8H18N2O/c1-3-10-8(6-9)4-7(5-8)11-2/h7,10H,3-6,9H2,1-2H3. The molecule has 3 nitrogen and oxygen atoms in total. The van der Waals surface area contributed by atoms with Crippen LogP contribution in [0.15, 0.2) is 0 Å². The zero-order valence-corrected chi connectivity index (χ0v) is 7.39. The van der Waals surface area contributed by atoms with Gasteiger partial charge in [-0.25, -0.2) is 0 Å². The Balaban J connectivity index is 2.30. The smallest absolute Gasteiger partial charge is 0.0607 e. The van der Waals surface area contributed by atoms with E-state index in [1.54, 1.807) is 7.11 Å². The van der Waals surface area contributed by atoms with E-state index < -0.39 is 0 Å². The van der Waals surface area contributed by atoms with Crippen LogP contribution < -0.4 is 11.1 Å². The van der Waals surface area contributed by atoms with Crippen molar-refractivity contribution in [2.75, 3.05) is 20.2 Å². The summed E-state index contributed by atoms with van der Waals surface area (Å²) >= 11 is 0. The molecule has 0 aromatic rings. The maximum atomic E-state index is 5.65. The van der Waals surface area contributed by atoms with Crippen molar-refractivity contribution >= 4 is 0 Å². The van der Waals surface area contributed by atoms with Crippen LogP contribution in [0.5, 0.6) is 0 Å². The highest BCUT2D eigenvalue weighted by atomic mass is 16.5. The largest absolute Gasteiger partial charge is 0.381 e. The van der Waals surface area contributed by atoms with E-state index in [4.69, 9.17) is 10.5 Å². The van der Waals surface area contributed by atoms with Crippen LogP contribution in [0.25, 0.3) is 0 Å². The summed E-state index contributed by atoms with van der Waals surface area (Å²) in [4.78, 5) is 0. The predicted molar refractivity (Wildman–Crippen MR) is 45.5 cm³/mol. The Hall–Kier alpha value is -0.120. The minimum atomic E-state index is 0.190. The molecular weight excluding hydrogens is 140 g/mol. The van der Waals surface area contributed by atoms with Crippen LogP contribution in [0.4, 0.5) is 0 Å². The van der Waals surface area contributed by atoms with E-state index >= 15 is 0 Å². The average Bonchev–Trinajstić information content (AvgIpc) is 1.96. The lowest BCUT2D eigenvalue weighted by Crippen LogP contribution is -2.62. The molecule has 1 aliphatic rings. The van der Waals surface area contributed by atoms with Crippen LogP contribution in [0, 0.1) is 0 Å². The summed E-state index contributed by atoms with van der Waals surface area (Å²) in [6.07, 6.45) is 2.56. The zero-order chi connectivity index (χ0) is 8.32. The van der Waals surface area contributed by atoms with E-state index in [-0.39, 0.29) is 5.54 Å². The molecule has 3 N–H and O–H groups in total. The average molecular weight is 158 g/mol. The number of hydrogen-bond donors (Lipinski definition) is 2. The normalized spacial score (nSPS) is 36.8. The highest BCUT2D eigenvalue weighted by Gasteiger charge is 2.42. The second kappa shape index (κ2) is 3.52. The van der Waals surface area contributed by atoms with E-state index in [1.807, 2.05) is 0 Å². The van der Waals surface area contributed by atoms with Crippen molar-refractivity contribution in [1.82, 2.24) is 5.32 Å². The number of likely N-dealkylation sites (N-methyl/N-ethyl adjacent to an activating group) is 1. The van der Waals surface area contributed by atoms with Gasteiger partial charge in [-0.2, -0.15) is 0 Å². The van der Waals surface area contributed by atoms with Crippen molar-refractivity contribution in [3.63, 3.8) is 0 Å². The first-order valence-corrected chi connectivity index (χ1v) is 4.24. The predicted octanol–water partition coefficient (Wildman–Crippen LogP) is 0.102. The maximum absolute atomic E-state index is 5.65. The molecule has 1 rings (SSSR count). The Morgan fingerprint density at radius 3 is 2.64 bits per heavy atom. The molecule has 0 aromatic heterocycles. The lowest BCUT2D eigenvalue weighted by Gasteiger charge is -2.46. The molecule has 0 atom stereocenters. The van der Waals surface area contributed by atoms with Crippen molar-refractivity contribution in [1.29, 1.82) is 0 Å². The van der Waals surface area contributed by atoms with E-state index in [2.05, 4.69) is 12.2 Å². The third-order valence-electron chi connectivity index (χ3n) is 2.51. The van der Waals surface area contributed by atoms with Gasteiger partial charge in [0.05, 0.1) is 6.10 Å². The summed E-state index contributed by atoms with van der Waals surface area (Å²) in [6.45, 7) is 3.83. The molecule has 0 amide bonds. The Morgan fingerprint density at radius 1 is 1.64 bits per heavy atom. The van der Waals surface area contributed by atoms with Gasteiger partial charge in [0.2, 0.25) is 0 Å². The minimum Gasteiger partial charge on any atom is -0.381 e. The number of nitrogens with one attached hydrogen (secondary N) is 1. The summed E-state index contributed by atoms with van der Waals surface area (Å²) in [5.74, 6) is 0. The molecule has 0 saturated heterocycles. The Kier molecular flexibility index (Phi) is 2.87. The number of nitrogens with two attached hydrogens (primary N) is 1. The highest BCUT2D eigenvalue weighted by Crippen LogP contribution is 2.32.